The fourth-order valence-corrected chi connectivity index (χ4v) is 2.04. The summed E-state index contributed by atoms with van der Waals surface area (Å²) < 4.78 is 10.5. The van der Waals surface area contributed by atoms with Crippen molar-refractivity contribution in [2.75, 3.05) is 19.7 Å². The number of hydrogen-bond donors (Lipinski definition) is 0. The summed E-state index contributed by atoms with van der Waals surface area (Å²) in [7, 11) is 0. The van der Waals surface area contributed by atoms with E-state index in [4.69, 9.17) is 19.7 Å². The Hall–Kier alpha value is -3.32. The number of benzene rings is 1. The quantitative estimate of drug-likeness (QED) is 0.614. The molecule has 0 aliphatic heterocycles. The van der Waals surface area contributed by atoms with Crippen LogP contribution in [0.15, 0.2) is 33.5 Å². The summed E-state index contributed by atoms with van der Waals surface area (Å²) in [6.07, 6.45) is 0. The molecular formula is C16H13N3O4. The van der Waals surface area contributed by atoms with Crippen molar-refractivity contribution in [1.82, 2.24) is 4.90 Å². The van der Waals surface area contributed by atoms with E-state index in [1.54, 1.807) is 30.3 Å². The van der Waals surface area contributed by atoms with Crippen molar-refractivity contribution in [3.8, 4) is 17.9 Å². The minimum Gasteiger partial charge on any atom is -0.494 e. The van der Waals surface area contributed by atoms with Gasteiger partial charge < -0.3 is 14.1 Å². The van der Waals surface area contributed by atoms with Gasteiger partial charge in [-0.25, -0.2) is 4.79 Å². The predicted molar refractivity (Wildman–Crippen MR) is 80.8 cm³/mol. The zero-order valence-corrected chi connectivity index (χ0v) is 12.4. The molecule has 0 saturated heterocycles. The summed E-state index contributed by atoms with van der Waals surface area (Å²) in [6, 6.07) is 9.89. The number of carbonyl (C=O) groups excluding carboxylic acids is 1. The van der Waals surface area contributed by atoms with Gasteiger partial charge in [0.15, 0.2) is 0 Å². The van der Waals surface area contributed by atoms with E-state index >= 15 is 0 Å². The molecule has 0 aliphatic carbocycles. The lowest BCUT2D eigenvalue weighted by atomic mass is 10.1. The Labute approximate surface area is 131 Å². The predicted octanol–water partition coefficient (Wildman–Crippen LogP) is 1.68. The molecule has 0 unspecified atom stereocenters. The molecule has 1 heterocycles. The average molecular weight is 311 g/mol. The topological polar surface area (TPSA) is 107 Å². The van der Waals surface area contributed by atoms with Crippen LogP contribution >= 0.6 is 0 Å². The molecule has 23 heavy (non-hydrogen) atoms. The Morgan fingerprint density at radius 2 is 1.96 bits per heavy atom. The standard InChI is InChI=1S/C16H13N3O4/c1-2-22-12-4-3-11-9-13(16(21)23-14(11)10-12)15(20)19(7-5-17)8-6-18/h3-4,9-10H,2,7-8H2,1H3. The van der Waals surface area contributed by atoms with Crippen LogP contribution in [0.1, 0.15) is 17.3 Å². The highest BCUT2D eigenvalue weighted by molar-refractivity contribution is 5.97. The molecule has 0 fully saturated rings. The minimum atomic E-state index is -0.822. The Kier molecular flexibility index (Phi) is 4.96. The van der Waals surface area contributed by atoms with Crippen molar-refractivity contribution in [2.24, 2.45) is 0 Å². The fraction of sp³-hybridized carbons (Fsp3) is 0.250. The molecule has 1 amide bonds. The van der Waals surface area contributed by atoms with Crippen molar-refractivity contribution >= 4 is 16.9 Å². The van der Waals surface area contributed by atoms with E-state index in [1.165, 1.54) is 6.07 Å². The number of amides is 1. The summed E-state index contributed by atoms with van der Waals surface area (Å²) in [5.41, 5.74) is -0.742. The minimum absolute atomic E-state index is 0.216. The normalized spacial score (nSPS) is 9.87. The van der Waals surface area contributed by atoms with Crippen molar-refractivity contribution < 1.29 is 13.9 Å². The van der Waals surface area contributed by atoms with Crippen molar-refractivity contribution in [1.29, 1.82) is 10.5 Å². The number of nitrogens with zero attached hydrogens (tertiary/aromatic N) is 3. The number of rotatable bonds is 5. The average Bonchev–Trinajstić information content (AvgIpc) is 2.53. The summed E-state index contributed by atoms with van der Waals surface area (Å²) >= 11 is 0. The number of nitriles is 2. The van der Waals surface area contributed by atoms with Crippen LogP contribution in [0.4, 0.5) is 0 Å². The van der Waals surface area contributed by atoms with E-state index in [2.05, 4.69) is 0 Å². The molecule has 7 heteroatoms. The molecule has 1 aromatic heterocycles. The third kappa shape index (κ3) is 3.47. The second kappa shape index (κ2) is 7.10. The summed E-state index contributed by atoms with van der Waals surface area (Å²) in [6.45, 7) is 1.74. The summed E-state index contributed by atoms with van der Waals surface area (Å²) in [5.74, 6) is -0.157. The maximum atomic E-state index is 12.3. The van der Waals surface area contributed by atoms with E-state index in [0.717, 1.165) is 4.90 Å². The Morgan fingerprint density at radius 3 is 2.57 bits per heavy atom. The first-order chi connectivity index (χ1) is 11.1. The van der Waals surface area contributed by atoms with Crippen LogP contribution in [0, 0.1) is 22.7 Å². The van der Waals surface area contributed by atoms with Gasteiger partial charge >= 0.3 is 5.63 Å². The number of hydrogen-bond acceptors (Lipinski definition) is 6. The lowest BCUT2D eigenvalue weighted by Gasteiger charge is -2.15. The molecule has 0 atom stereocenters. The van der Waals surface area contributed by atoms with Gasteiger partial charge in [-0.2, -0.15) is 10.5 Å². The molecule has 7 nitrogen and oxygen atoms in total. The van der Waals surface area contributed by atoms with Gasteiger partial charge in [0.1, 0.15) is 30.0 Å². The first-order valence-electron chi connectivity index (χ1n) is 6.84. The van der Waals surface area contributed by atoms with Gasteiger partial charge in [0, 0.05) is 11.5 Å². The van der Waals surface area contributed by atoms with Crippen molar-refractivity contribution in [2.45, 2.75) is 6.92 Å². The first kappa shape index (κ1) is 16.1. The van der Waals surface area contributed by atoms with Crippen LogP contribution < -0.4 is 10.4 Å². The molecule has 0 bridgehead atoms. The van der Waals surface area contributed by atoms with E-state index in [1.807, 2.05) is 6.92 Å². The number of fused-ring (bicyclic) bond motifs is 1. The summed E-state index contributed by atoms with van der Waals surface area (Å²) in [4.78, 5) is 25.3. The number of ether oxygens (including phenoxy) is 1. The molecule has 0 aliphatic rings. The Bertz CT molecular complexity index is 857. The highest BCUT2D eigenvalue weighted by Gasteiger charge is 2.20. The largest absolute Gasteiger partial charge is 0.494 e. The lowest BCUT2D eigenvalue weighted by molar-refractivity contribution is 0.0790. The van der Waals surface area contributed by atoms with E-state index in [9.17, 15) is 9.59 Å². The zero-order valence-electron chi connectivity index (χ0n) is 12.4. The molecule has 2 rings (SSSR count). The van der Waals surface area contributed by atoms with Gasteiger partial charge in [-0.1, -0.05) is 0 Å². The number of carbonyl (C=O) groups is 1. The van der Waals surface area contributed by atoms with Crippen LogP contribution in [0.3, 0.4) is 0 Å². The Morgan fingerprint density at radius 1 is 1.26 bits per heavy atom. The van der Waals surface area contributed by atoms with Gasteiger partial charge in [-0.05, 0) is 25.1 Å². The highest BCUT2D eigenvalue weighted by Crippen LogP contribution is 2.21. The first-order valence-corrected chi connectivity index (χ1v) is 6.84. The maximum absolute atomic E-state index is 12.3. The van der Waals surface area contributed by atoms with Gasteiger partial charge in [-0.15, -0.1) is 0 Å². The lowest BCUT2D eigenvalue weighted by Crippen LogP contribution is -2.34. The second-order valence-corrected chi connectivity index (χ2v) is 4.56. The van der Waals surface area contributed by atoms with E-state index < -0.39 is 11.5 Å². The molecule has 0 spiro atoms. The molecule has 116 valence electrons. The highest BCUT2D eigenvalue weighted by atomic mass is 16.5. The van der Waals surface area contributed by atoms with Crippen LogP contribution in [0.25, 0.3) is 11.0 Å². The second-order valence-electron chi connectivity index (χ2n) is 4.56. The molecule has 0 N–H and O–H groups in total. The fourth-order valence-electron chi connectivity index (χ4n) is 2.04. The monoisotopic (exact) mass is 311 g/mol. The molecular weight excluding hydrogens is 298 g/mol. The molecule has 0 saturated carbocycles. The third-order valence-electron chi connectivity index (χ3n) is 3.06. The van der Waals surface area contributed by atoms with Gasteiger partial charge in [-0.3, -0.25) is 4.79 Å². The van der Waals surface area contributed by atoms with Crippen LogP contribution in [-0.4, -0.2) is 30.5 Å². The van der Waals surface area contributed by atoms with Crippen LogP contribution in [0.2, 0.25) is 0 Å². The molecule has 1 aromatic carbocycles. The molecule has 0 radical (unpaired) electrons. The van der Waals surface area contributed by atoms with Gasteiger partial charge in [0.2, 0.25) is 0 Å². The smallest absolute Gasteiger partial charge is 0.349 e. The van der Waals surface area contributed by atoms with Crippen molar-refractivity contribution in [3.05, 3.63) is 40.2 Å². The SMILES string of the molecule is CCOc1ccc2cc(C(=O)N(CC#N)CC#N)c(=O)oc2c1. The van der Waals surface area contributed by atoms with Crippen LogP contribution in [-0.2, 0) is 0 Å². The van der Waals surface area contributed by atoms with Gasteiger partial charge in [0.25, 0.3) is 5.91 Å². The summed E-state index contributed by atoms with van der Waals surface area (Å²) in [5, 5.41) is 18.0. The molecule has 2 aromatic rings. The zero-order chi connectivity index (χ0) is 16.8. The van der Waals surface area contributed by atoms with Gasteiger partial charge in [0.05, 0.1) is 18.7 Å². The van der Waals surface area contributed by atoms with E-state index in [0.29, 0.717) is 23.3 Å². The third-order valence-corrected chi connectivity index (χ3v) is 3.06. The maximum Gasteiger partial charge on any atom is 0.349 e. The van der Waals surface area contributed by atoms with Crippen LogP contribution in [0.5, 0.6) is 5.75 Å². The van der Waals surface area contributed by atoms with E-state index in [-0.39, 0.29) is 18.7 Å². The Balaban J connectivity index is 2.46. The van der Waals surface area contributed by atoms with Crippen molar-refractivity contribution in [3.63, 3.8) is 0 Å².